The topological polar surface area (TPSA) is 84.5 Å². The van der Waals surface area contributed by atoms with Crippen LogP contribution in [0.1, 0.15) is 20.3 Å². The third-order valence-electron chi connectivity index (χ3n) is 2.82. The molecule has 0 bridgehead atoms. The number of amides is 1. The molecule has 1 amide bonds. The highest BCUT2D eigenvalue weighted by Gasteiger charge is 2.13. The molecule has 6 nitrogen and oxygen atoms in total. The van der Waals surface area contributed by atoms with Crippen molar-refractivity contribution in [3.05, 3.63) is 18.2 Å². The van der Waals surface area contributed by atoms with E-state index in [1.165, 1.54) is 7.11 Å². The number of methoxy groups -OCH3 is 1. The third-order valence-corrected chi connectivity index (χ3v) is 3.42. The lowest BCUT2D eigenvalue weighted by Crippen LogP contribution is -2.19. The monoisotopic (exact) mass is 300 g/mol. The lowest BCUT2D eigenvalue weighted by Gasteiger charge is -2.14. The highest BCUT2D eigenvalue weighted by atomic mass is 32.2. The van der Waals surface area contributed by atoms with Gasteiger partial charge in [-0.05, 0) is 18.6 Å². The van der Waals surface area contributed by atoms with Crippen LogP contribution in [-0.4, -0.2) is 27.7 Å². The van der Waals surface area contributed by atoms with E-state index in [0.717, 1.165) is 12.7 Å². The Bertz CT molecular complexity index is 584. The van der Waals surface area contributed by atoms with E-state index in [-0.39, 0.29) is 11.8 Å². The molecule has 1 rings (SSSR count). The predicted molar refractivity (Wildman–Crippen MR) is 79.5 cm³/mol. The first-order valence-corrected chi connectivity index (χ1v) is 8.12. The SMILES string of the molecule is CCC(C)C(=O)Nc1ccc(NS(C)(=O)=O)c(OC)c1. The number of carbonyl (C=O) groups excluding carboxylic acids is 1. The van der Waals surface area contributed by atoms with E-state index in [1.54, 1.807) is 18.2 Å². The van der Waals surface area contributed by atoms with E-state index in [1.807, 2.05) is 13.8 Å². The third kappa shape index (κ3) is 4.73. The fourth-order valence-corrected chi connectivity index (χ4v) is 2.07. The first kappa shape index (κ1) is 16.3. The molecule has 0 spiro atoms. The quantitative estimate of drug-likeness (QED) is 0.842. The van der Waals surface area contributed by atoms with Crippen LogP contribution in [0.5, 0.6) is 5.75 Å². The van der Waals surface area contributed by atoms with Crippen LogP contribution >= 0.6 is 0 Å². The maximum Gasteiger partial charge on any atom is 0.229 e. The lowest BCUT2D eigenvalue weighted by atomic mass is 10.1. The average Bonchev–Trinajstić information content (AvgIpc) is 2.37. The standard InChI is InChI=1S/C13H20N2O4S/c1-5-9(2)13(16)14-10-6-7-11(12(8-10)19-3)15-20(4,17)18/h6-9,15H,5H2,1-4H3,(H,14,16). The maximum atomic E-state index is 11.8. The summed E-state index contributed by atoms with van der Waals surface area (Å²) >= 11 is 0. The molecule has 0 aliphatic rings. The van der Waals surface area contributed by atoms with Gasteiger partial charge < -0.3 is 10.1 Å². The maximum absolute atomic E-state index is 11.8. The van der Waals surface area contributed by atoms with Crippen molar-refractivity contribution in [2.45, 2.75) is 20.3 Å². The Morgan fingerprint density at radius 1 is 1.40 bits per heavy atom. The van der Waals surface area contributed by atoms with Gasteiger partial charge in [0.25, 0.3) is 0 Å². The number of carbonyl (C=O) groups is 1. The van der Waals surface area contributed by atoms with Crippen molar-refractivity contribution in [2.24, 2.45) is 5.92 Å². The molecular weight excluding hydrogens is 280 g/mol. The van der Waals surface area contributed by atoms with Crippen LogP contribution in [0.25, 0.3) is 0 Å². The average molecular weight is 300 g/mol. The summed E-state index contributed by atoms with van der Waals surface area (Å²) < 4.78 is 29.9. The molecule has 0 heterocycles. The molecule has 0 radical (unpaired) electrons. The summed E-state index contributed by atoms with van der Waals surface area (Å²) in [6, 6.07) is 4.75. The predicted octanol–water partition coefficient (Wildman–Crippen LogP) is 2.05. The van der Waals surface area contributed by atoms with Crippen LogP contribution in [0.4, 0.5) is 11.4 Å². The van der Waals surface area contributed by atoms with Gasteiger partial charge in [-0.25, -0.2) is 8.42 Å². The van der Waals surface area contributed by atoms with Gasteiger partial charge in [0.15, 0.2) is 0 Å². The fourth-order valence-electron chi connectivity index (χ4n) is 1.50. The zero-order valence-corrected chi connectivity index (χ0v) is 12.9. The van der Waals surface area contributed by atoms with Gasteiger partial charge in [-0.1, -0.05) is 13.8 Å². The number of hydrogen-bond acceptors (Lipinski definition) is 4. The van der Waals surface area contributed by atoms with Crippen LogP contribution in [-0.2, 0) is 14.8 Å². The summed E-state index contributed by atoms with van der Waals surface area (Å²) in [6.07, 6.45) is 1.81. The Morgan fingerprint density at radius 3 is 2.55 bits per heavy atom. The van der Waals surface area contributed by atoms with Crippen LogP contribution in [0, 0.1) is 5.92 Å². The molecule has 1 unspecified atom stereocenters. The molecule has 1 aromatic rings. The van der Waals surface area contributed by atoms with Gasteiger partial charge in [-0.2, -0.15) is 0 Å². The number of sulfonamides is 1. The Labute approximate surface area is 119 Å². The highest BCUT2D eigenvalue weighted by molar-refractivity contribution is 7.92. The smallest absolute Gasteiger partial charge is 0.229 e. The van der Waals surface area contributed by atoms with E-state index in [2.05, 4.69) is 10.0 Å². The van der Waals surface area contributed by atoms with Gasteiger partial charge in [-0.15, -0.1) is 0 Å². The molecule has 0 saturated heterocycles. The minimum Gasteiger partial charge on any atom is -0.494 e. The van der Waals surface area contributed by atoms with Gasteiger partial charge in [0.2, 0.25) is 15.9 Å². The molecule has 0 aliphatic heterocycles. The number of rotatable bonds is 6. The van der Waals surface area contributed by atoms with Gasteiger partial charge >= 0.3 is 0 Å². The number of benzene rings is 1. The zero-order valence-electron chi connectivity index (χ0n) is 12.1. The molecular formula is C13H20N2O4S. The number of nitrogens with one attached hydrogen (secondary N) is 2. The summed E-state index contributed by atoms with van der Waals surface area (Å²) in [5.74, 6) is 0.172. The second kappa shape index (κ2) is 6.60. The second-order valence-electron chi connectivity index (χ2n) is 4.59. The molecule has 0 saturated carbocycles. The van der Waals surface area contributed by atoms with Crippen molar-refractivity contribution in [2.75, 3.05) is 23.4 Å². The first-order chi connectivity index (χ1) is 9.26. The Morgan fingerprint density at radius 2 is 2.05 bits per heavy atom. The van der Waals surface area contributed by atoms with Gasteiger partial charge in [0.05, 0.1) is 19.1 Å². The van der Waals surface area contributed by atoms with Crippen LogP contribution in [0.15, 0.2) is 18.2 Å². The van der Waals surface area contributed by atoms with Crippen molar-refractivity contribution in [3.8, 4) is 5.75 Å². The summed E-state index contributed by atoms with van der Waals surface area (Å²) in [5.41, 5.74) is 0.891. The van der Waals surface area contributed by atoms with Crippen molar-refractivity contribution >= 4 is 27.3 Å². The minimum absolute atomic E-state index is 0.0848. The Hall–Kier alpha value is -1.76. The second-order valence-corrected chi connectivity index (χ2v) is 6.34. The summed E-state index contributed by atoms with van der Waals surface area (Å²) in [5, 5.41) is 2.76. The largest absolute Gasteiger partial charge is 0.494 e. The summed E-state index contributed by atoms with van der Waals surface area (Å²) in [6.45, 7) is 3.77. The number of anilines is 2. The minimum atomic E-state index is -3.38. The normalized spacial score (nSPS) is 12.6. The number of ether oxygens (including phenoxy) is 1. The molecule has 0 fully saturated rings. The van der Waals surface area contributed by atoms with Gasteiger partial charge in [-0.3, -0.25) is 9.52 Å². The fraction of sp³-hybridized carbons (Fsp3) is 0.462. The lowest BCUT2D eigenvalue weighted by molar-refractivity contribution is -0.119. The molecule has 112 valence electrons. The summed E-state index contributed by atoms with van der Waals surface area (Å²) in [4.78, 5) is 11.8. The number of hydrogen-bond donors (Lipinski definition) is 2. The summed E-state index contributed by atoms with van der Waals surface area (Å²) in [7, 11) is -1.95. The van der Waals surface area contributed by atoms with Crippen molar-refractivity contribution < 1.29 is 17.9 Å². The molecule has 2 N–H and O–H groups in total. The molecule has 7 heteroatoms. The van der Waals surface area contributed by atoms with Crippen LogP contribution in [0.2, 0.25) is 0 Å². The van der Waals surface area contributed by atoms with Crippen molar-refractivity contribution in [3.63, 3.8) is 0 Å². The van der Waals surface area contributed by atoms with Crippen molar-refractivity contribution in [1.82, 2.24) is 0 Å². The molecule has 20 heavy (non-hydrogen) atoms. The molecule has 1 aromatic carbocycles. The van der Waals surface area contributed by atoms with E-state index >= 15 is 0 Å². The van der Waals surface area contributed by atoms with E-state index in [0.29, 0.717) is 17.1 Å². The molecule has 0 aromatic heterocycles. The van der Waals surface area contributed by atoms with E-state index < -0.39 is 10.0 Å². The van der Waals surface area contributed by atoms with Gasteiger partial charge in [0.1, 0.15) is 5.75 Å². The highest BCUT2D eigenvalue weighted by Crippen LogP contribution is 2.28. The molecule has 1 atom stereocenters. The molecule has 0 aliphatic carbocycles. The van der Waals surface area contributed by atoms with E-state index in [4.69, 9.17) is 4.74 Å². The van der Waals surface area contributed by atoms with Gasteiger partial charge in [0, 0.05) is 17.7 Å². The zero-order chi connectivity index (χ0) is 15.3. The Kier molecular flexibility index (Phi) is 5.38. The van der Waals surface area contributed by atoms with E-state index in [9.17, 15) is 13.2 Å². The first-order valence-electron chi connectivity index (χ1n) is 6.23. The van der Waals surface area contributed by atoms with Crippen molar-refractivity contribution in [1.29, 1.82) is 0 Å². The Balaban J connectivity index is 2.95. The van der Waals surface area contributed by atoms with Crippen LogP contribution < -0.4 is 14.8 Å². The van der Waals surface area contributed by atoms with Crippen LogP contribution in [0.3, 0.4) is 0 Å².